The van der Waals surface area contributed by atoms with Crippen LogP contribution in [-0.2, 0) is 5.41 Å². The summed E-state index contributed by atoms with van der Waals surface area (Å²) in [7, 11) is 0. The third-order valence-corrected chi connectivity index (χ3v) is 4.97. The number of hydrogen-bond acceptors (Lipinski definition) is 2. The number of nitrogens with zero attached hydrogens (tertiary/aromatic N) is 2. The first-order valence-corrected chi connectivity index (χ1v) is 7.17. The molecule has 2 aliphatic heterocycles. The Bertz CT molecular complexity index is 674. The third-order valence-electron chi connectivity index (χ3n) is 4.97. The van der Waals surface area contributed by atoms with Gasteiger partial charge in [-0.25, -0.2) is 0 Å². The van der Waals surface area contributed by atoms with Crippen LogP contribution in [-0.4, -0.2) is 29.5 Å². The molecule has 5 heteroatoms. The maximum Gasteiger partial charge on any atom is 0.416 e. The SMILES string of the molecule is CC1=NN2CCC[C@@H]2[C@]12C=C(C(F)(F)F)c1ccccc12. The molecule has 1 saturated heterocycles. The highest BCUT2D eigenvalue weighted by molar-refractivity contribution is 6.03. The first-order chi connectivity index (χ1) is 9.94. The summed E-state index contributed by atoms with van der Waals surface area (Å²) in [6.07, 6.45) is -1.03. The van der Waals surface area contributed by atoms with Crippen LogP contribution < -0.4 is 0 Å². The number of alkyl halides is 3. The van der Waals surface area contributed by atoms with Gasteiger partial charge in [-0.3, -0.25) is 5.01 Å². The lowest BCUT2D eigenvalue weighted by Gasteiger charge is -2.31. The minimum absolute atomic E-state index is 0.0264. The van der Waals surface area contributed by atoms with E-state index in [4.69, 9.17) is 0 Å². The zero-order valence-electron chi connectivity index (χ0n) is 11.6. The van der Waals surface area contributed by atoms with Gasteiger partial charge in [-0.2, -0.15) is 18.3 Å². The molecule has 2 heterocycles. The summed E-state index contributed by atoms with van der Waals surface area (Å²) >= 11 is 0. The average molecular weight is 292 g/mol. The largest absolute Gasteiger partial charge is 0.416 e. The molecular formula is C16H15F3N2. The van der Waals surface area contributed by atoms with Crippen LogP contribution in [0, 0.1) is 0 Å². The zero-order chi connectivity index (χ0) is 14.8. The number of hydrogen-bond donors (Lipinski definition) is 0. The summed E-state index contributed by atoms with van der Waals surface area (Å²) in [5.41, 5.74) is 0.638. The first kappa shape index (κ1) is 12.9. The van der Waals surface area contributed by atoms with Crippen molar-refractivity contribution in [3.05, 3.63) is 41.5 Å². The fraction of sp³-hybridized carbons (Fsp3) is 0.438. The van der Waals surface area contributed by atoms with Crippen molar-refractivity contribution in [2.24, 2.45) is 5.10 Å². The molecule has 0 radical (unpaired) electrons. The minimum atomic E-state index is -4.33. The van der Waals surface area contributed by atoms with Gasteiger partial charge < -0.3 is 0 Å². The molecule has 0 amide bonds. The van der Waals surface area contributed by atoms with Crippen LogP contribution >= 0.6 is 0 Å². The van der Waals surface area contributed by atoms with Gasteiger partial charge in [-0.05, 0) is 30.9 Å². The van der Waals surface area contributed by atoms with Crippen LogP contribution in [0.5, 0.6) is 0 Å². The van der Waals surface area contributed by atoms with Gasteiger partial charge in [0.1, 0.15) is 0 Å². The fourth-order valence-corrected chi connectivity index (χ4v) is 4.12. The Balaban J connectivity index is 1.98. The normalized spacial score (nSPS) is 30.5. The predicted molar refractivity (Wildman–Crippen MR) is 75.0 cm³/mol. The quantitative estimate of drug-likeness (QED) is 0.711. The molecule has 4 rings (SSSR count). The average Bonchev–Trinajstić information content (AvgIpc) is 3.06. The van der Waals surface area contributed by atoms with E-state index in [0.29, 0.717) is 5.56 Å². The maximum absolute atomic E-state index is 13.4. The van der Waals surface area contributed by atoms with Gasteiger partial charge in [0.2, 0.25) is 0 Å². The molecule has 2 atom stereocenters. The number of halogens is 3. The van der Waals surface area contributed by atoms with Crippen molar-refractivity contribution in [1.29, 1.82) is 0 Å². The summed E-state index contributed by atoms with van der Waals surface area (Å²) in [4.78, 5) is 0. The van der Waals surface area contributed by atoms with Crippen molar-refractivity contribution in [3.63, 3.8) is 0 Å². The van der Waals surface area contributed by atoms with Crippen LogP contribution in [0.1, 0.15) is 30.9 Å². The van der Waals surface area contributed by atoms with Gasteiger partial charge in [0.25, 0.3) is 0 Å². The Labute approximate surface area is 120 Å². The van der Waals surface area contributed by atoms with Crippen LogP contribution in [0.3, 0.4) is 0 Å². The Morgan fingerprint density at radius 3 is 2.81 bits per heavy atom. The summed E-state index contributed by atoms with van der Waals surface area (Å²) < 4.78 is 40.3. The number of benzene rings is 1. The van der Waals surface area contributed by atoms with Crippen LogP contribution in [0.2, 0.25) is 0 Å². The molecule has 0 N–H and O–H groups in total. The van der Waals surface area contributed by atoms with E-state index in [0.717, 1.165) is 30.7 Å². The topological polar surface area (TPSA) is 15.6 Å². The molecule has 110 valence electrons. The van der Waals surface area contributed by atoms with Gasteiger partial charge in [-0.1, -0.05) is 30.3 Å². The second-order valence-electron chi connectivity index (χ2n) is 5.98. The van der Waals surface area contributed by atoms with Gasteiger partial charge in [0.05, 0.1) is 22.7 Å². The second kappa shape index (κ2) is 3.90. The van der Waals surface area contributed by atoms with E-state index in [1.165, 1.54) is 6.08 Å². The molecule has 1 aromatic carbocycles. The lowest BCUT2D eigenvalue weighted by Crippen LogP contribution is -2.41. The maximum atomic E-state index is 13.4. The van der Waals surface area contributed by atoms with Crippen molar-refractivity contribution in [3.8, 4) is 0 Å². The van der Waals surface area contributed by atoms with Crippen LogP contribution in [0.25, 0.3) is 5.57 Å². The number of fused-ring (bicyclic) bond motifs is 4. The first-order valence-electron chi connectivity index (χ1n) is 7.17. The molecule has 0 bridgehead atoms. The molecule has 21 heavy (non-hydrogen) atoms. The van der Waals surface area contributed by atoms with Crippen molar-refractivity contribution in [1.82, 2.24) is 5.01 Å². The molecule has 1 aromatic rings. The third kappa shape index (κ3) is 1.52. The molecule has 1 aliphatic carbocycles. The van der Waals surface area contributed by atoms with E-state index in [1.54, 1.807) is 12.1 Å². The second-order valence-corrected chi connectivity index (χ2v) is 5.98. The molecule has 1 fully saturated rings. The fourth-order valence-electron chi connectivity index (χ4n) is 4.12. The van der Waals surface area contributed by atoms with E-state index in [1.807, 2.05) is 24.1 Å². The lowest BCUT2D eigenvalue weighted by molar-refractivity contribution is -0.0688. The number of allylic oxidation sites excluding steroid dienone is 1. The standard InChI is InChI=1S/C16H15F3N2/c1-10-15(14-7-4-8-21(14)20-10)9-13(16(17,18)19)11-5-2-3-6-12(11)15/h2-3,5-6,9,14H,4,7-8H2,1H3/t14-,15-/m1/s1. The Hall–Kier alpha value is -1.78. The summed E-state index contributed by atoms with van der Waals surface area (Å²) in [5, 5.41) is 6.51. The van der Waals surface area contributed by atoms with E-state index in [9.17, 15) is 13.2 Å². The molecule has 0 unspecified atom stereocenters. The van der Waals surface area contributed by atoms with Crippen molar-refractivity contribution in [2.75, 3.05) is 6.54 Å². The Morgan fingerprint density at radius 1 is 1.29 bits per heavy atom. The van der Waals surface area contributed by atoms with Gasteiger partial charge in [-0.15, -0.1) is 0 Å². The summed E-state index contributed by atoms with van der Waals surface area (Å²) in [6.45, 7) is 2.69. The van der Waals surface area contributed by atoms with Crippen molar-refractivity contribution < 1.29 is 13.2 Å². The minimum Gasteiger partial charge on any atom is -0.292 e. The molecule has 1 spiro atoms. The van der Waals surface area contributed by atoms with E-state index in [2.05, 4.69) is 5.10 Å². The van der Waals surface area contributed by atoms with Crippen LogP contribution in [0.15, 0.2) is 35.4 Å². The summed E-state index contributed by atoms with van der Waals surface area (Å²) in [6, 6.07) is 6.92. The molecule has 3 aliphatic rings. The monoisotopic (exact) mass is 292 g/mol. The smallest absolute Gasteiger partial charge is 0.292 e. The number of rotatable bonds is 0. The predicted octanol–water partition coefficient (Wildman–Crippen LogP) is 3.74. The van der Waals surface area contributed by atoms with Crippen LogP contribution in [0.4, 0.5) is 13.2 Å². The summed E-state index contributed by atoms with van der Waals surface area (Å²) in [5.74, 6) is 0. The van der Waals surface area contributed by atoms with Gasteiger partial charge in [0, 0.05) is 6.54 Å². The van der Waals surface area contributed by atoms with Crippen molar-refractivity contribution in [2.45, 2.75) is 37.4 Å². The lowest BCUT2D eigenvalue weighted by atomic mass is 9.73. The highest BCUT2D eigenvalue weighted by Gasteiger charge is 2.57. The molecule has 0 saturated carbocycles. The Kier molecular flexibility index (Phi) is 2.40. The van der Waals surface area contributed by atoms with E-state index >= 15 is 0 Å². The van der Waals surface area contributed by atoms with E-state index in [-0.39, 0.29) is 6.04 Å². The van der Waals surface area contributed by atoms with E-state index < -0.39 is 17.2 Å². The van der Waals surface area contributed by atoms with Gasteiger partial charge in [0.15, 0.2) is 0 Å². The Morgan fingerprint density at radius 2 is 2.05 bits per heavy atom. The van der Waals surface area contributed by atoms with Crippen molar-refractivity contribution >= 4 is 11.3 Å². The van der Waals surface area contributed by atoms with Gasteiger partial charge >= 0.3 is 6.18 Å². The molecular weight excluding hydrogens is 277 g/mol. The number of hydrazone groups is 1. The molecule has 0 aromatic heterocycles. The zero-order valence-corrected chi connectivity index (χ0v) is 11.6. The highest BCUT2D eigenvalue weighted by Crippen LogP contribution is 2.54. The highest BCUT2D eigenvalue weighted by atomic mass is 19.4. The molecule has 2 nitrogen and oxygen atoms in total.